The number of halogens is 3. The van der Waals surface area contributed by atoms with Gasteiger partial charge >= 0.3 is 12.1 Å². The second kappa shape index (κ2) is 6.61. The summed E-state index contributed by atoms with van der Waals surface area (Å²) in [6.45, 7) is 5.24. The Morgan fingerprint density at radius 1 is 1.19 bits per heavy atom. The van der Waals surface area contributed by atoms with Crippen LogP contribution < -0.4 is 5.56 Å². The van der Waals surface area contributed by atoms with E-state index < -0.39 is 34.3 Å². The minimum absolute atomic E-state index is 0.0768. The van der Waals surface area contributed by atoms with Crippen LogP contribution in [0.4, 0.5) is 13.2 Å². The molecule has 3 aromatic rings. The molecule has 0 aliphatic heterocycles. The molecule has 0 saturated heterocycles. The van der Waals surface area contributed by atoms with E-state index >= 15 is 0 Å². The predicted molar refractivity (Wildman–Crippen MR) is 93.9 cm³/mol. The molecule has 5 nitrogen and oxygen atoms in total. The fourth-order valence-corrected chi connectivity index (χ4v) is 2.92. The zero-order chi connectivity index (χ0) is 19.9. The summed E-state index contributed by atoms with van der Waals surface area (Å²) in [4.78, 5) is 26.9. The van der Waals surface area contributed by atoms with Gasteiger partial charge in [-0.15, -0.1) is 0 Å². The molecule has 8 heteroatoms. The SMILES string of the molecule is CCOC(=O)c1cn2cc(-c3ccc(C)c(C)c3)[nH]c(=O)c2c1C(F)(F)F. The molecule has 27 heavy (non-hydrogen) atoms. The summed E-state index contributed by atoms with van der Waals surface area (Å²) >= 11 is 0. The number of aromatic nitrogens is 2. The lowest BCUT2D eigenvalue weighted by Gasteiger charge is -2.09. The van der Waals surface area contributed by atoms with E-state index in [1.165, 1.54) is 13.1 Å². The Hall–Kier alpha value is -3.03. The topological polar surface area (TPSA) is 63.6 Å². The Morgan fingerprint density at radius 2 is 1.89 bits per heavy atom. The molecule has 1 aromatic carbocycles. The van der Waals surface area contributed by atoms with Crippen molar-refractivity contribution in [2.24, 2.45) is 0 Å². The molecule has 0 radical (unpaired) electrons. The Balaban J connectivity index is 2.28. The summed E-state index contributed by atoms with van der Waals surface area (Å²) in [5, 5.41) is 0. The number of fused-ring (bicyclic) bond motifs is 1. The highest BCUT2D eigenvalue weighted by Crippen LogP contribution is 2.36. The molecule has 0 fully saturated rings. The van der Waals surface area contributed by atoms with Gasteiger partial charge in [0, 0.05) is 12.4 Å². The number of ether oxygens (including phenoxy) is 1. The summed E-state index contributed by atoms with van der Waals surface area (Å²) in [7, 11) is 0. The zero-order valence-corrected chi connectivity index (χ0v) is 14.9. The quantitative estimate of drug-likeness (QED) is 0.698. The van der Waals surface area contributed by atoms with Gasteiger partial charge < -0.3 is 14.1 Å². The average Bonchev–Trinajstić information content (AvgIpc) is 2.98. The van der Waals surface area contributed by atoms with Gasteiger partial charge in [-0.05, 0) is 43.5 Å². The molecule has 142 valence electrons. The van der Waals surface area contributed by atoms with Gasteiger partial charge in [0.25, 0.3) is 5.56 Å². The highest BCUT2D eigenvalue weighted by atomic mass is 19.4. The number of hydrogen-bond acceptors (Lipinski definition) is 3. The third-order valence-corrected chi connectivity index (χ3v) is 4.36. The van der Waals surface area contributed by atoms with Gasteiger partial charge in [0.15, 0.2) is 0 Å². The number of H-pyrrole nitrogens is 1. The number of carbonyl (C=O) groups is 1. The van der Waals surface area contributed by atoms with Crippen LogP contribution in [0.1, 0.15) is 34.0 Å². The molecule has 0 aliphatic rings. The molecule has 1 N–H and O–H groups in total. The average molecular weight is 378 g/mol. The van der Waals surface area contributed by atoms with Crippen molar-refractivity contribution in [1.29, 1.82) is 0 Å². The standard InChI is InChI=1S/C19H17F3N2O3/c1-4-27-18(26)13-8-24-9-14(12-6-5-10(2)11(3)7-12)23-17(25)16(24)15(13)19(20,21)22/h5-9H,4H2,1-3H3,(H,23,25). The first kappa shape index (κ1) is 18.8. The van der Waals surface area contributed by atoms with Crippen LogP contribution in [0.5, 0.6) is 0 Å². The molecule has 0 bridgehead atoms. The van der Waals surface area contributed by atoms with Crippen LogP contribution in [0.15, 0.2) is 35.4 Å². The summed E-state index contributed by atoms with van der Waals surface area (Å²) in [5.41, 5.74) is -0.546. The summed E-state index contributed by atoms with van der Waals surface area (Å²) in [5.74, 6) is -1.12. The first-order chi connectivity index (χ1) is 12.6. The highest BCUT2D eigenvalue weighted by molar-refractivity contribution is 5.94. The maximum atomic E-state index is 13.5. The molecule has 3 rings (SSSR count). The van der Waals surface area contributed by atoms with Crippen LogP contribution in [-0.4, -0.2) is 22.0 Å². The van der Waals surface area contributed by atoms with Crippen LogP contribution in [0, 0.1) is 13.8 Å². The van der Waals surface area contributed by atoms with E-state index in [0.29, 0.717) is 11.3 Å². The molecule has 2 aromatic heterocycles. The number of esters is 1. The van der Waals surface area contributed by atoms with Gasteiger partial charge in [-0.2, -0.15) is 13.2 Å². The van der Waals surface area contributed by atoms with Gasteiger partial charge in [-0.1, -0.05) is 12.1 Å². The van der Waals surface area contributed by atoms with Crippen LogP contribution in [0.25, 0.3) is 16.8 Å². The second-order valence-electron chi connectivity index (χ2n) is 6.19. The summed E-state index contributed by atoms with van der Waals surface area (Å²) in [6.07, 6.45) is -2.54. The van der Waals surface area contributed by atoms with Gasteiger partial charge in [0.1, 0.15) is 11.1 Å². The molecule has 0 saturated carbocycles. The van der Waals surface area contributed by atoms with Gasteiger partial charge in [-0.3, -0.25) is 4.79 Å². The number of carbonyl (C=O) groups excluding carboxylic acids is 1. The Labute approximate surface area is 152 Å². The molecule has 0 unspecified atom stereocenters. The van der Waals surface area contributed by atoms with Crippen LogP contribution >= 0.6 is 0 Å². The second-order valence-corrected chi connectivity index (χ2v) is 6.19. The van der Waals surface area contributed by atoms with E-state index in [4.69, 9.17) is 4.74 Å². The van der Waals surface area contributed by atoms with E-state index in [1.54, 1.807) is 6.07 Å². The van der Waals surface area contributed by atoms with Crippen molar-refractivity contribution in [3.05, 3.63) is 63.2 Å². The number of hydrogen-bond donors (Lipinski definition) is 1. The Kier molecular flexibility index (Phi) is 4.59. The lowest BCUT2D eigenvalue weighted by atomic mass is 10.0. The number of alkyl halides is 3. The van der Waals surface area contributed by atoms with E-state index in [1.807, 2.05) is 26.0 Å². The normalized spacial score (nSPS) is 11.8. The number of nitrogens with one attached hydrogen (secondary N) is 1. The molecule has 0 aliphatic carbocycles. The molecule has 0 spiro atoms. The van der Waals surface area contributed by atoms with Crippen molar-refractivity contribution in [2.75, 3.05) is 6.61 Å². The van der Waals surface area contributed by atoms with E-state index in [0.717, 1.165) is 21.7 Å². The van der Waals surface area contributed by atoms with Crippen molar-refractivity contribution in [3.8, 4) is 11.3 Å². The lowest BCUT2D eigenvalue weighted by molar-refractivity contribution is -0.136. The highest BCUT2D eigenvalue weighted by Gasteiger charge is 2.40. The van der Waals surface area contributed by atoms with Crippen molar-refractivity contribution in [3.63, 3.8) is 0 Å². The predicted octanol–water partition coefficient (Wildman–Crippen LogP) is 4.11. The zero-order valence-electron chi connectivity index (χ0n) is 14.9. The van der Waals surface area contributed by atoms with Crippen molar-refractivity contribution < 1.29 is 22.7 Å². The van der Waals surface area contributed by atoms with Gasteiger partial charge in [-0.25, -0.2) is 4.79 Å². The van der Waals surface area contributed by atoms with Crippen molar-refractivity contribution in [1.82, 2.24) is 9.38 Å². The number of benzene rings is 1. The number of nitrogens with zero attached hydrogens (tertiary/aromatic N) is 1. The first-order valence-electron chi connectivity index (χ1n) is 8.23. The van der Waals surface area contributed by atoms with Crippen LogP contribution in [0.3, 0.4) is 0 Å². The van der Waals surface area contributed by atoms with Crippen molar-refractivity contribution >= 4 is 11.5 Å². The largest absolute Gasteiger partial charge is 0.462 e. The smallest absolute Gasteiger partial charge is 0.419 e. The number of rotatable bonds is 3. The maximum absolute atomic E-state index is 13.5. The van der Waals surface area contributed by atoms with Gasteiger partial charge in [0.05, 0.1) is 17.9 Å². The first-order valence-corrected chi connectivity index (χ1v) is 8.23. The summed E-state index contributed by atoms with van der Waals surface area (Å²) < 4.78 is 46.4. The molecular formula is C19H17F3N2O3. The molecule has 2 heterocycles. The molecule has 0 amide bonds. The number of aromatic amines is 1. The fraction of sp³-hybridized carbons (Fsp3) is 0.263. The Morgan fingerprint density at radius 3 is 2.48 bits per heavy atom. The van der Waals surface area contributed by atoms with E-state index in [2.05, 4.69) is 4.98 Å². The van der Waals surface area contributed by atoms with Crippen LogP contribution in [-0.2, 0) is 10.9 Å². The minimum atomic E-state index is -4.88. The lowest BCUT2D eigenvalue weighted by Crippen LogP contribution is -2.18. The van der Waals surface area contributed by atoms with E-state index in [9.17, 15) is 22.8 Å². The monoisotopic (exact) mass is 378 g/mol. The van der Waals surface area contributed by atoms with Crippen molar-refractivity contribution in [2.45, 2.75) is 26.9 Å². The third kappa shape index (κ3) is 3.34. The Bertz CT molecular complexity index is 1090. The number of aryl methyl sites for hydroxylation is 2. The fourth-order valence-electron chi connectivity index (χ4n) is 2.92. The van der Waals surface area contributed by atoms with Crippen LogP contribution in [0.2, 0.25) is 0 Å². The van der Waals surface area contributed by atoms with E-state index in [-0.39, 0.29) is 6.61 Å². The summed E-state index contributed by atoms with van der Waals surface area (Å²) in [6, 6.07) is 5.45. The molecule has 0 atom stereocenters. The maximum Gasteiger partial charge on any atom is 0.419 e. The molecular weight excluding hydrogens is 361 g/mol. The third-order valence-electron chi connectivity index (χ3n) is 4.36. The minimum Gasteiger partial charge on any atom is -0.462 e. The van der Waals surface area contributed by atoms with Gasteiger partial charge in [0.2, 0.25) is 0 Å².